The molecule has 1 aliphatic heterocycles. The fourth-order valence-electron chi connectivity index (χ4n) is 2.91. The Bertz CT molecular complexity index is 925. The Balaban J connectivity index is 2.14. The third-order valence-corrected chi connectivity index (χ3v) is 4.17. The number of carbonyl (C=O) groups is 3. The number of carbonyl (C=O) groups excluding carboxylic acids is 2. The van der Waals surface area contributed by atoms with Crippen LogP contribution in [0.1, 0.15) is 12.5 Å². The number of cyclic esters (lactones) is 1. The van der Waals surface area contributed by atoms with E-state index in [9.17, 15) is 24.6 Å². The van der Waals surface area contributed by atoms with Crippen molar-refractivity contribution in [3.8, 4) is 0 Å². The highest BCUT2D eigenvalue weighted by atomic mass is 16.6. The van der Waals surface area contributed by atoms with Gasteiger partial charge in [-0.05, 0) is 29.3 Å². The van der Waals surface area contributed by atoms with Crippen LogP contribution in [0, 0.1) is 0 Å². The molecule has 1 aliphatic rings. The third kappa shape index (κ3) is 2.72. The molecule has 0 radical (unpaired) electrons. The standard InChI is InChI=1S/C19H16O7/c1-2-25-17(22)15(20)19(18(23)24)10-14(16(21)26-19)13-9-5-7-11-6-3-4-8-12(11)13/h3-10,15,20H,2H2,1H3,(H,23,24). The minimum atomic E-state index is -2.53. The van der Waals surface area contributed by atoms with Crippen LogP contribution in [0.25, 0.3) is 16.3 Å². The van der Waals surface area contributed by atoms with E-state index in [1.165, 1.54) is 6.92 Å². The lowest BCUT2D eigenvalue weighted by molar-refractivity contribution is -0.187. The van der Waals surface area contributed by atoms with Gasteiger partial charge in [-0.2, -0.15) is 0 Å². The van der Waals surface area contributed by atoms with Gasteiger partial charge >= 0.3 is 17.9 Å². The van der Waals surface area contributed by atoms with Gasteiger partial charge in [0.15, 0.2) is 0 Å². The van der Waals surface area contributed by atoms with Crippen molar-refractivity contribution in [2.45, 2.75) is 18.6 Å². The Morgan fingerprint density at radius 1 is 1.19 bits per heavy atom. The fraction of sp³-hybridized carbons (Fsp3) is 0.211. The maximum Gasteiger partial charge on any atom is 0.355 e. The summed E-state index contributed by atoms with van der Waals surface area (Å²) in [5.41, 5.74) is -2.12. The smallest absolute Gasteiger partial charge is 0.355 e. The van der Waals surface area contributed by atoms with Gasteiger partial charge < -0.3 is 19.7 Å². The number of fused-ring (bicyclic) bond motifs is 1. The first kappa shape index (κ1) is 17.6. The molecule has 0 saturated carbocycles. The van der Waals surface area contributed by atoms with Gasteiger partial charge in [-0.1, -0.05) is 42.5 Å². The lowest BCUT2D eigenvalue weighted by Gasteiger charge is -2.25. The molecule has 7 heteroatoms. The van der Waals surface area contributed by atoms with Crippen molar-refractivity contribution in [3.63, 3.8) is 0 Å². The molecule has 26 heavy (non-hydrogen) atoms. The molecule has 0 spiro atoms. The fourth-order valence-corrected chi connectivity index (χ4v) is 2.91. The van der Waals surface area contributed by atoms with Crippen molar-refractivity contribution in [1.29, 1.82) is 0 Å². The van der Waals surface area contributed by atoms with E-state index < -0.39 is 29.6 Å². The van der Waals surface area contributed by atoms with Gasteiger partial charge in [-0.25, -0.2) is 14.4 Å². The molecule has 2 aromatic rings. The molecule has 2 atom stereocenters. The van der Waals surface area contributed by atoms with Crippen molar-refractivity contribution >= 4 is 34.3 Å². The molecular weight excluding hydrogens is 340 g/mol. The first-order chi connectivity index (χ1) is 12.4. The molecule has 134 valence electrons. The second-order valence-electron chi connectivity index (χ2n) is 5.73. The quantitative estimate of drug-likeness (QED) is 0.782. The summed E-state index contributed by atoms with van der Waals surface area (Å²) >= 11 is 0. The number of esters is 2. The van der Waals surface area contributed by atoms with Crippen LogP contribution in [0.15, 0.2) is 48.5 Å². The second kappa shape index (κ2) is 6.61. The summed E-state index contributed by atoms with van der Waals surface area (Å²) in [6, 6.07) is 12.4. The van der Waals surface area contributed by atoms with Crippen LogP contribution in [-0.4, -0.2) is 46.4 Å². The van der Waals surface area contributed by atoms with Gasteiger partial charge in [-0.15, -0.1) is 0 Å². The molecule has 0 aliphatic carbocycles. The Hall–Kier alpha value is -3.19. The van der Waals surface area contributed by atoms with Crippen molar-refractivity contribution in [3.05, 3.63) is 54.1 Å². The van der Waals surface area contributed by atoms with Crippen molar-refractivity contribution in [1.82, 2.24) is 0 Å². The molecular formula is C19H16O7. The van der Waals surface area contributed by atoms with Gasteiger partial charge in [-0.3, -0.25) is 0 Å². The van der Waals surface area contributed by atoms with E-state index in [1.54, 1.807) is 24.3 Å². The summed E-state index contributed by atoms with van der Waals surface area (Å²) in [5, 5.41) is 21.3. The number of benzene rings is 2. The topological polar surface area (TPSA) is 110 Å². The first-order valence-electron chi connectivity index (χ1n) is 7.93. The molecule has 0 aromatic heterocycles. The zero-order valence-corrected chi connectivity index (χ0v) is 13.8. The van der Waals surface area contributed by atoms with Crippen molar-refractivity contribution in [2.24, 2.45) is 0 Å². The Kier molecular flexibility index (Phi) is 4.48. The highest BCUT2D eigenvalue weighted by molar-refractivity contribution is 6.24. The van der Waals surface area contributed by atoms with Crippen LogP contribution >= 0.6 is 0 Å². The number of ether oxygens (including phenoxy) is 2. The number of hydrogen-bond acceptors (Lipinski definition) is 6. The molecule has 2 aromatic carbocycles. The first-order valence-corrected chi connectivity index (χ1v) is 7.93. The number of aliphatic hydroxyl groups is 1. The number of aliphatic carboxylic acids is 1. The Labute approximate surface area is 148 Å². The number of carboxylic acid groups (broad SMARTS) is 1. The normalized spacial score (nSPS) is 20.4. The minimum Gasteiger partial charge on any atom is -0.478 e. The summed E-state index contributed by atoms with van der Waals surface area (Å²) in [6.45, 7) is 1.45. The number of aliphatic hydroxyl groups excluding tert-OH is 1. The largest absolute Gasteiger partial charge is 0.478 e. The van der Waals surface area contributed by atoms with E-state index in [-0.39, 0.29) is 12.2 Å². The van der Waals surface area contributed by atoms with Crippen LogP contribution < -0.4 is 0 Å². The van der Waals surface area contributed by atoms with Crippen LogP contribution in [0.5, 0.6) is 0 Å². The second-order valence-corrected chi connectivity index (χ2v) is 5.73. The maximum atomic E-state index is 12.4. The third-order valence-electron chi connectivity index (χ3n) is 4.17. The summed E-state index contributed by atoms with van der Waals surface area (Å²) in [5.74, 6) is -3.79. The summed E-state index contributed by atoms with van der Waals surface area (Å²) in [7, 11) is 0. The average Bonchev–Trinajstić information content (AvgIpc) is 2.99. The number of rotatable bonds is 5. The number of hydrogen-bond donors (Lipinski definition) is 2. The van der Waals surface area contributed by atoms with Crippen molar-refractivity contribution < 1.29 is 34.1 Å². The van der Waals surface area contributed by atoms with Crippen LogP contribution in [0.3, 0.4) is 0 Å². The van der Waals surface area contributed by atoms with Crippen LogP contribution in [0.4, 0.5) is 0 Å². The Morgan fingerprint density at radius 3 is 2.58 bits per heavy atom. The predicted octanol–water partition coefficient (Wildman–Crippen LogP) is 1.53. The summed E-state index contributed by atoms with van der Waals surface area (Å²) in [4.78, 5) is 36.0. The van der Waals surface area contributed by atoms with E-state index in [0.717, 1.165) is 11.5 Å². The zero-order valence-electron chi connectivity index (χ0n) is 13.8. The van der Waals surface area contributed by atoms with Gasteiger partial charge in [0, 0.05) is 0 Å². The van der Waals surface area contributed by atoms with E-state index in [1.807, 2.05) is 18.2 Å². The lowest BCUT2D eigenvalue weighted by Crippen LogP contribution is -2.53. The highest BCUT2D eigenvalue weighted by Gasteiger charge is 2.56. The van der Waals surface area contributed by atoms with E-state index in [0.29, 0.717) is 10.9 Å². The molecule has 1 heterocycles. The van der Waals surface area contributed by atoms with Crippen LogP contribution in [0.2, 0.25) is 0 Å². The summed E-state index contributed by atoms with van der Waals surface area (Å²) < 4.78 is 9.64. The predicted molar refractivity (Wildman–Crippen MR) is 91.0 cm³/mol. The van der Waals surface area contributed by atoms with E-state index in [2.05, 4.69) is 4.74 Å². The number of carboxylic acids is 1. The molecule has 0 bridgehead atoms. The molecule has 0 fully saturated rings. The molecule has 0 saturated heterocycles. The van der Waals surface area contributed by atoms with E-state index in [4.69, 9.17) is 4.74 Å². The zero-order chi connectivity index (χ0) is 18.9. The highest BCUT2D eigenvalue weighted by Crippen LogP contribution is 2.36. The van der Waals surface area contributed by atoms with Crippen molar-refractivity contribution in [2.75, 3.05) is 6.61 Å². The molecule has 2 N–H and O–H groups in total. The SMILES string of the molecule is CCOC(=O)C(O)C1(C(=O)O)C=C(c2cccc3ccccc23)C(=O)O1. The lowest BCUT2D eigenvalue weighted by atomic mass is 9.92. The van der Waals surface area contributed by atoms with E-state index >= 15 is 0 Å². The summed E-state index contributed by atoms with van der Waals surface area (Å²) in [6.07, 6.45) is -1.21. The monoisotopic (exact) mass is 356 g/mol. The van der Waals surface area contributed by atoms with Gasteiger partial charge in [0.25, 0.3) is 5.60 Å². The Morgan fingerprint density at radius 2 is 1.88 bits per heavy atom. The average molecular weight is 356 g/mol. The molecule has 7 nitrogen and oxygen atoms in total. The molecule has 2 unspecified atom stereocenters. The molecule has 3 rings (SSSR count). The van der Waals surface area contributed by atoms with Crippen LogP contribution in [-0.2, 0) is 23.9 Å². The van der Waals surface area contributed by atoms with Gasteiger partial charge in [0.2, 0.25) is 6.10 Å². The molecule has 0 amide bonds. The van der Waals surface area contributed by atoms with Gasteiger partial charge in [0.1, 0.15) is 0 Å². The minimum absolute atomic E-state index is 0.0347. The maximum absolute atomic E-state index is 12.4. The van der Waals surface area contributed by atoms with Gasteiger partial charge in [0.05, 0.1) is 12.2 Å².